The Morgan fingerprint density at radius 1 is 1.40 bits per heavy atom. The summed E-state index contributed by atoms with van der Waals surface area (Å²) in [5, 5.41) is 13.5. The molecule has 0 spiro atoms. The molecule has 1 aromatic heterocycles. The van der Waals surface area contributed by atoms with Gasteiger partial charge in [-0.15, -0.1) is 0 Å². The number of anilines is 1. The number of aromatic nitrogens is 1. The second-order valence-corrected chi connectivity index (χ2v) is 4.11. The summed E-state index contributed by atoms with van der Waals surface area (Å²) in [5.41, 5.74) is -0.301. The quantitative estimate of drug-likeness (QED) is 0.689. The third-order valence-electron chi connectivity index (χ3n) is 2.40. The van der Waals surface area contributed by atoms with Crippen LogP contribution in [0.5, 0.6) is 11.6 Å². The topological polar surface area (TPSA) is 77.3 Å². The molecule has 8 heteroatoms. The van der Waals surface area contributed by atoms with Crippen LogP contribution in [0.4, 0.5) is 15.9 Å². The van der Waals surface area contributed by atoms with Gasteiger partial charge in [-0.3, -0.25) is 10.1 Å². The maximum Gasteiger partial charge on any atom is 0.331 e. The van der Waals surface area contributed by atoms with E-state index in [9.17, 15) is 14.5 Å². The second kappa shape index (κ2) is 5.70. The Hall–Kier alpha value is -2.41. The first-order valence-corrected chi connectivity index (χ1v) is 5.85. The van der Waals surface area contributed by atoms with E-state index in [-0.39, 0.29) is 22.3 Å². The second-order valence-electron chi connectivity index (χ2n) is 3.71. The molecule has 0 bridgehead atoms. The molecule has 104 valence electrons. The van der Waals surface area contributed by atoms with Crippen molar-refractivity contribution in [2.45, 2.75) is 0 Å². The molecule has 20 heavy (non-hydrogen) atoms. The Morgan fingerprint density at radius 2 is 2.15 bits per heavy atom. The van der Waals surface area contributed by atoms with E-state index in [0.29, 0.717) is 5.82 Å². The molecular formula is C12H9ClFN3O3. The molecule has 2 rings (SSSR count). The molecule has 6 nitrogen and oxygen atoms in total. The lowest BCUT2D eigenvalue weighted by atomic mass is 10.3. The minimum Gasteiger partial charge on any atom is -0.434 e. The van der Waals surface area contributed by atoms with E-state index in [2.05, 4.69) is 10.3 Å². The number of nitrogens with zero attached hydrogens (tertiary/aromatic N) is 2. The van der Waals surface area contributed by atoms with Crippen molar-refractivity contribution in [2.75, 3.05) is 12.4 Å². The van der Waals surface area contributed by atoms with Gasteiger partial charge in [0.05, 0.1) is 9.95 Å². The molecule has 0 aliphatic carbocycles. The molecule has 0 amide bonds. The summed E-state index contributed by atoms with van der Waals surface area (Å²) < 4.78 is 18.3. The molecular weight excluding hydrogens is 289 g/mol. The number of ether oxygens (including phenoxy) is 1. The van der Waals surface area contributed by atoms with Gasteiger partial charge in [0, 0.05) is 19.2 Å². The van der Waals surface area contributed by atoms with Gasteiger partial charge in [-0.05, 0) is 18.2 Å². The largest absolute Gasteiger partial charge is 0.434 e. The molecule has 0 radical (unpaired) electrons. The van der Waals surface area contributed by atoms with Gasteiger partial charge < -0.3 is 10.1 Å². The van der Waals surface area contributed by atoms with Gasteiger partial charge in [-0.1, -0.05) is 11.6 Å². The van der Waals surface area contributed by atoms with E-state index in [1.54, 1.807) is 7.05 Å². The number of hydrogen-bond donors (Lipinski definition) is 1. The van der Waals surface area contributed by atoms with Crippen LogP contribution in [0.2, 0.25) is 5.02 Å². The molecule has 0 saturated heterocycles. The first-order chi connectivity index (χ1) is 9.51. The Labute approximate surface area is 118 Å². The smallest absolute Gasteiger partial charge is 0.331 e. The minimum absolute atomic E-state index is 0.144. The van der Waals surface area contributed by atoms with Gasteiger partial charge in [-0.2, -0.15) is 4.98 Å². The van der Waals surface area contributed by atoms with E-state index in [1.807, 2.05) is 0 Å². The predicted molar refractivity (Wildman–Crippen MR) is 71.9 cm³/mol. The molecule has 0 aliphatic heterocycles. The van der Waals surface area contributed by atoms with E-state index in [4.69, 9.17) is 16.3 Å². The molecule has 0 atom stereocenters. The van der Waals surface area contributed by atoms with E-state index in [1.165, 1.54) is 24.3 Å². The van der Waals surface area contributed by atoms with Gasteiger partial charge in [0.25, 0.3) is 0 Å². The summed E-state index contributed by atoms with van der Waals surface area (Å²) in [6.07, 6.45) is 0. The van der Waals surface area contributed by atoms with Crippen molar-refractivity contribution in [1.82, 2.24) is 4.98 Å². The average molecular weight is 298 g/mol. The van der Waals surface area contributed by atoms with Crippen LogP contribution in [0.15, 0.2) is 30.3 Å². The summed E-state index contributed by atoms with van der Waals surface area (Å²) in [6, 6.07) is 6.33. The fourth-order valence-corrected chi connectivity index (χ4v) is 1.61. The highest BCUT2D eigenvalue weighted by Gasteiger charge is 2.18. The highest BCUT2D eigenvalue weighted by Crippen LogP contribution is 2.32. The minimum atomic E-state index is -0.618. The van der Waals surface area contributed by atoms with Crippen LogP contribution < -0.4 is 10.1 Å². The number of rotatable bonds is 4. The van der Waals surface area contributed by atoms with Gasteiger partial charge >= 0.3 is 11.6 Å². The third-order valence-corrected chi connectivity index (χ3v) is 2.69. The lowest BCUT2D eigenvalue weighted by molar-refractivity contribution is -0.386. The maximum absolute atomic E-state index is 13.0. The summed E-state index contributed by atoms with van der Waals surface area (Å²) in [4.78, 5) is 14.2. The Balaban J connectivity index is 2.40. The van der Waals surface area contributed by atoms with Crippen molar-refractivity contribution >= 4 is 23.1 Å². The van der Waals surface area contributed by atoms with Gasteiger partial charge in [0.1, 0.15) is 17.4 Å². The number of pyridine rings is 1. The van der Waals surface area contributed by atoms with Crippen molar-refractivity contribution < 1.29 is 14.1 Å². The van der Waals surface area contributed by atoms with Gasteiger partial charge in [-0.25, -0.2) is 4.39 Å². The molecule has 0 unspecified atom stereocenters. The van der Waals surface area contributed by atoms with Crippen LogP contribution in [0.25, 0.3) is 0 Å². The van der Waals surface area contributed by atoms with Crippen LogP contribution in [-0.2, 0) is 0 Å². The standard InChI is InChI=1S/C12H9ClFN3O3/c1-15-11-5-4-10(17(18)19)12(16-11)20-7-2-3-9(14)8(13)6-7/h2-6H,1H3,(H,15,16). The summed E-state index contributed by atoms with van der Waals surface area (Å²) in [7, 11) is 1.62. The predicted octanol–water partition coefficient (Wildman–Crippen LogP) is 3.62. The lowest BCUT2D eigenvalue weighted by Gasteiger charge is -2.07. The zero-order chi connectivity index (χ0) is 14.7. The summed E-state index contributed by atoms with van der Waals surface area (Å²) in [5.74, 6) is -0.256. The molecule has 1 aromatic carbocycles. The summed E-state index contributed by atoms with van der Waals surface area (Å²) >= 11 is 5.62. The third kappa shape index (κ3) is 2.94. The van der Waals surface area contributed by atoms with Crippen LogP contribution in [0.3, 0.4) is 0 Å². The van der Waals surface area contributed by atoms with E-state index >= 15 is 0 Å². The van der Waals surface area contributed by atoms with E-state index in [0.717, 1.165) is 6.07 Å². The molecule has 1 heterocycles. The van der Waals surface area contributed by atoms with Crippen molar-refractivity contribution in [3.8, 4) is 11.6 Å². The Bertz CT molecular complexity index is 666. The normalized spacial score (nSPS) is 10.2. The first-order valence-electron chi connectivity index (χ1n) is 5.47. The van der Waals surface area contributed by atoms with Crippen LogP contribution in [0.1, 0.15) is 0 Å². The van der Waals surface area contributed by atoms with Crippen LogP contribution in [-0.4, -0.2) is 17.0 Å². The highest BCUT2D eigenvalue weighted by atomic mass is 35.5. The van der Waals surface area contributed by atoms with Crippen molar-refractivity contribution in [3.05, 3.63) is 51.3 Å². The van der Waals surface area contributed by atoms with Gasteiger partial charge in [0.15, 0.2) is 0 Å². The zero-order valence-electron chi connectivity index (χ0n) is 10.3. The fourth-order valence-electron chi connectivity index (χ4n) is 1.44. The number of nitro groups is 1. The molecule has 1 N–H and O–H groups in total. The molecule has 2 aromatic rings. The van der Waals surface area contributed by atoms with E-state index < -0.39 is 10.7 Å². The Kier molecular flexibility index (Phi) is 3.99. The molecule has 0 saturated carbocycles. The number of halogens is 2. The monoisotopic (exact) mass is 297 g/mol. The molecule has 0 aliphatic rings. The number of benzene rings is 1. The first kappa shape index (κ1) is 14.0. The number of hydrogen-bond acceptors (Lipinski definition) is 5. The summed E-state index contributed by atoms with van der Waals surface area (Å²) in [6.45, 7) is 0. The number of nitrogens with one attached hydrogen (secondary N) is 1. The highest BCUT2D eigenvalue weighted by molar-refractivity contribution is 6.30. The lowest BCUT2D eigenvalue weighted by Crippen LogP contribution is -1.99. The SMILES string of the molecule is CNc1ccc([N+](=O)[O-])c(Oc2ccc(F)c(Cl)c2)n1. The Morgan fingerprint density at radius 3 is 2.75 bits per heavy atom. The van der Waals surface area contributed by atoms with Gasteiger partial charge in [0.2, 0.25) is 0 Å². The average Bonchev–Trinajstić information content (AvgIpc) is 2.42. The maximum atomic E-state index is 13.0. The molecule has 0 fully saturated rings. The van der Waals surface area contributed by atoms with Crippen molar-refractivity contribution in [3.63, 3.8) is 0 Å². The van der Waals surface area contributed by atoms with Crippen LogP contribution >= 0.6 is 11.6 Å². The zero-order valence-corrected chi connectivity index (χ0v) is 11.0. The van der Waals surface area contributed by atoms with Crippen molar-refractivity contribution in [1.29, 1.82) is 0 Å². The fraction of sp³-hybridized carbons (Fsp3) is 0.0833. The van der Waals surface area contributed by atoms with Crippen LogP contribution in [0, 0.1) is 15.9 Å². The van der Waals surface area contributed by atoms with Crippen molar-refractivity contribution in [2.24, 2.45) is 0 Å².